The van der Waals surface area contributed by atoms with E-state index in [9.17, 15) is 0 Å². The Hall–Kier alpha value is -1.81. The fourth-order valence-electron chi connectivity index (χ4n) is 1.90. The molecule has 0 saturated heterocycles. The average Bonchev–Trinajstić information content (AvgIpc) is 2.83. The molecule has 0 saturated carbocycles. The highest BCUT2D eigenvalue weighted by atomic mass is 16.5. The van der Waals surface area contributed by atoms with E-state index in [2.05, 4.69) is 29.4 Å². The summed E-state index contributed by atoms with van der Waals surface area (Å²) in [5.41, 5.74) is 1.23. The van der Waals surface area contributed by atoms with Crippen molar-refractivity contribution in [3.8, 4) is 5.75 Å². The molecule has 1 heterocycles. The van der Waals surface area contributed by atoms with Gasteiger partial charge in [-0.05, 0) is 24.6 Å². The van der Waals surface area contributed by atoms with Gasteiger partial charge in [0.05, 0.1) is 13.2 Å². The van der Waals surface area contributed by atoms with E-state index in [-0.39, 0.29) is 6.04 Å². The Morgan fingerprint density at radius 3 is 2.61 bits per heavy atom. The smallest absolute Gasteiger partial charge is 0.125 e. The Balaban J connectivity index is 1.93. The molecule has 96 valence electrons. The van der Waals surface area contributed by atoms with E-state index in [1.54, 1.807) is 7.11 Å². The molecular weight excluding hydrogens is 226 g/mol. The Bertz CT molecular complexity index is 490. The zero-order chi connectivity index (χ0) is 13.0. The molecule has 2 rings (SSSR count). The molecule has 0 amide bonds. The number of rotatable bonds is 5. The summed E-state index contributed by atoms with van der Waals surface area (Å²) in [6.07, 6.45) is 3.78. The van der Waals surface area contributed by atoms with Crippen molar-refractivity contribution >= 4 is 0 Å². The van der Waals surface area contributed by atoms with Gasteiger partial charge in [-0.3, -0.25) is 0 Å². The first-order valence-corrected chi connectivity index (χ1v) is 6.04. The average molecular weight is 245 g/mol. The fraction of sp³-hybridized carbons (Fsp3) is 0.357. The van der Waals surface area contributed by atoms with Gasteiger partial charge < -0.3 is 14.6 Å². The highest BCUT2D eigenvalue weighted by Gasteiger charge is 2.09. The largest absolute Gasteiger partial charge is 0.497 e. The van der Waals surface area contributed by atoms with Crippen molar-refractivity contribution in [3.05, 3.63) is 48.0 Å². The zero-order valence-corrected chi connectivity index (χ0v) is 11.1. The molecule has 1 N–H and O–H groups in total. The molecule has 0 unspecified atom stereocenters. The molecule has 4 heteroatoms. The number of hydrogen-bond acceptors (Lipinski definition) is 3. The summed E-state index contributed by atoms with van der Waals surface area (Å²) in [7, 11) is 3.68. The summed E-state index contributed by atoms with van der Waals surface area (Å²) in [4.78, 5) is 4.34. The Labute approximate surface area is 108 Å². The predicted molar refractivity (Wildman–Crippen MR) is 71.5 cm³/mol. The van der Waals surface area contributed by atoms with Gasteiger partial charge >= 0.3 is 0 Å². The number of aromatic nitrogens is 2. The lowest BCUT2D eigenvalue weighted by Crippen LogP contribution is -2.20. The number of hydrogen-bond donors (Lipinski definition) is 1. The van der Waals surface area contributed by atoms with Gasteiger partial charge in [0.2, 0.25) is 0 Å². The number of nitrogens with zero attached hydrogens (tertiary/aromatic N) is 2. The van der Waals surface area contributed by atoms with Crippen molar-refractivity contribution in [2.45, 2.75) is 19.5 Å². The maximum Gasteiger partial charge on any atom is 0.125 e. The highest BCUT2D eigenvalue weighted by Crippen LogP contribution is 2.13. The lowest BCUT2D eigenvalue weighted by Gasteiger charge is -2.13. The van der Waals surface area contributed by atoms with Gasteiger partial charge in [-0.15, -0.1) is 0 Å². The summed E-state index contributed by atoms with van der Waals surface area (Å²) in [6.45, 7) is 2.93. The lowest BCUT2D eigenvalue weighted by atomic mass is 10.2. The van der Waals surface area contributed by atoms with E-state index in [1.165, 1.54) is 5.56 Å². The third-order valence-corrected chi connectivity index (χ3v) is 3.02. The number of imidazole rings is 1. The van der Waals surface area contributed by atoms with Crippen molar-refractivity contribution in [1.82, 2.24) is 14.9 Å². The molecule has 0 radical (unpaired) electrons. The second kappa shape index (κ2) is 5.69. The van der Waals surface area contributed by atoms with Gasteiger partial charge in [0.15, 0.2) is 0 Å². The van der Waals surface area contributed by atoms with Crippen LogP contribution in [0, 0.1) is 0 Å². The van der Waals surface area contributed by atoms with Crippen molar-refractivity contribution in [3.63, 3.8) is 0 Å². The summed E-state index contributed by atoms with van der Waals surface area (Å²) < 4.78 is 7.17. The van der Waals surface area contributed by atoms with E-state index < -0.39 is 0 Å². The van der Waals surface area contributed by atoms with Crippen LogP contribution >= 0.6 is 0 Å². The topological polar surface area (TPSA) is 39.1 Å². The van der Waals surface area contributed by atoms with Crippen LogP contribution in [-0.2, 0) is 13.6 Å². The van der Waals surface area contributed by atoms with E-state index in [0.29, 0.717) is 0 Å². The van der Waals surface area contributed by atoms with Crippen LogP contribution in [0.4, 0.5) is 0 Å². The summed E-state index contributed by atoms with van der Waals surface area (Å²) in [6, 6.07) is 8.31. The molecule has 0 aliphatic carbocycles. The molecule has 2 aromatic rings. The lowest BCUT2D eigenvalue weighted by molar-refractivity contribution is 0.414. The van der Waals surface area contributed by atoms with Crippen LogP contribution < -0.4 is 10.1 Å². The van der Waals surface area contributed by atoms with E-state index >= 15 is 0 Å². The normalized spacial score (nSPS) is 12.4. The van der Waals surface area contributed by atoms with Gasteiger partial charge in [0, 0.05) is 26.0 Å². The molecule has 1 aromatic heterocycles. The first-order chi connectivity index (χ1) is 8.70. The number of methoxy groups -OCH3 is 1. The molecule has 18 heavy (non-hydrogen) atoms. The van der Waals surface area contributed by atoms with Gasteiger partial charge in [-0.25, -0.2) is 4.98 Å². The molecule has 1 aromatic carbocycles. The van der Waals surface area contributed by atoms with Gasteiger partial charge in [0.1, 0.15) is 11.6 Å². The van der Waals surface area contributed by atoms with Crippen molar-refractivity contribution in [2.24, 2.45) is 7.05 Å². The SMILES string of the molecule is COc1ccc(CN[C@@H](C)c2nccn2C)cc1. The molecule has 4 nitrogen and oxygen atoms in total. The minimum atomic E-state index is 0.229. The third-order valence-electron chi connectivity index (χ3n) is 3.02. The van der Waals surface area contributed by atoms with Crippen LogP contribution in [0.2, 0.25) is 0 Å². The van der Waals surface area contributed by atoms with E-state index in [0.717, 1.165) is 18.1 Å². The van der Waals surface area contributed by atoms with E-state index in [4.69, 9.17) is 4.74 Å². The van der Waals surface area contributed by atoms with Gasteiger partial charge in [-0.1, -0.05) is 12.1 Å². The number of ether oxygens (including phenoxy) is 1. The number of nitrogens with one attached hydrogen (secondary N) is 1. The van der Waals surface area contributed by atoms with Crippen LogP contribution in [0.25, 0.3) is 0 Å². The summed E-state index contributed by atoms with van der Waals surface area (Å²) in [5, 5.41) is 3.46. The Morgan fingerprint density at radius 2 is 2.06 bits per heavy atom. The van der Waals surface area contributed by atoms with Crippen molar-refractivity contribution < 1.29 is 4.74 Å². The maximum atomic E-state index is 5.14. The summed E-state index contributed by atoms with van der Waals surface area (Å²) in [5.74, 6) is 1.93. The quantitative estimate of drug-likeness (QED) is 0.878. The molecule has 0 bridgehead atoms. The monoisotopic (exact) mass is 245 g/mol. The second-order valence-electron chi connectivity index (χ2n) is 4.35. The Kier molecular flexibility index (Phi) is 3.99. The minimum Gasteiger partial charge on any atom is -0.497 e. The zero-order valence-electron chi connectivity index (χ0n) is 11.1. The molecule has 0 spiro atoms. The first-order valence-electron chi connectivity index (χ1n) is 6.04. The van der Waals surface area contributed by atoms with Crippen molar-refractivity contribution in [2.75, 3.05) is 7.11 Å². The maximum absolute atomic E-state index is 5.14. The minimum absolute atomic E-state index is 0.229. The van der Waals surface area contributed by atoms with Crippen LogP contribution in [0.3, 0.4) is 0 Å². The fourth-order valence-corrected chi connectivity index (χ4v) is 1.90. The number of aryl methyl sites for hydroxylation is 1. The molecule has 0 aliphatic heterocycles. The third kappa shape index (κ3) is 2.90. The first kappa shape index (κ1) is 12.6. The summed E-state index contributed by atoms with van der Waals surface area (Å²) >= 11 is 0. The molecule has 0 aliphatic rings. The van der Waals surface area contributed by atoms with Crippen molar-refractivity contribution in [1.29, 1.82) is 0 Å². The number of benzene rings is 1. The van der Waals surface area contributed by atoms with Crippen LogP contribution in [0.5, 0.6) is 5.75 Å². The van der Waals surface area contributed by atoms with Crippen LogP contribution in [-0.4, -0.2) is 16.7 Å². The van der Waals surface area contributed by atoms with Crippen LogP contribution in [0.15, 0.2) is 36.7 Å². The van der Waals surface area contributed by atoms with Gasteiger partial charge in [-0.2, -0.15) is 0 Å². The highest BCUT2D eigenvalue weighted by molar-refractivity contribution is 5.27. The van der Waals surface area contributed by atoms with Crippen LogP contribution in [0.1, 0.15) is 24.4 Å². The standard InChI is InChI=1S/C14H19N3O/c1-11(14-15-8-9-17(14)2)16-10-12-4-6-13(18-3)7-5-12/h4-9,11,16H,10H2,1-3H3/t11-/m0/s1. The molecular formula is C14H19N3O. The second-order valence-corrected chi connectivity index (χ2v) is 4.35. The Morgan fingerprint density at radius 1 is 1.33 bits per heavy atom. The molecule has 0 fully saturated rings. The van der Waals surface area contributed by atoms with Gasteiger partial charge in [0.25, 0.3) is 0 Å². The predicted octanol–water partition coefficient (Wildman–Crippen LogP) is 2.28. The van der Waals surface area contributed by atoms with E-state index in [1.807, 2.05) is 36.1 Å². The molecule has 1 atom stereocenters.